The third-order valence-corrected chi connectivity index (χ3v) is 5.36. The van der Waals surface area contributed by atoms with E-state index in [1.807, 2.05) is 0 Å². The molecule has 0 radical (unpaired) electrons. The van der Waals surface area contributed by atoms with Crippen molar-refractivity contribution >= 4 is 23.0 Å². The second kappa shape index (κ2) is 7.97. The van der Waals surface area contributed by atoms with Crippen molar-refractivity contribution in [3.05, 3.63) is 40.5 Å². The minimum atomic E-state index is -0.343. The van der Waals surface area contributed by atoms with Crippen LogP contribution in [0.15, 0.2) is 24.3 Å². The summed E-state index contributed by atoms with van der Waals surface area (Å²) < 4.78 is 24.9. The Morgan fingerprint density at radius 3 is 2.88 bits per heavy atom. The number of nitrogens with one attached hydrogen (secondary N) is 1. The number of halogens is 1. The van der Waals surface area contributed by atoms with E-state index in [0.717, 1.165) is 10.4 Å². The maximum atomic E-state index is 14.1. The second-order valence-corrected chi connectivity index (χ2v) is 7.24. The standard InChI is InChI=1S/C19H20FNO4S/c1-11(22)16-3-4-17(26-16)15-9-13(20)7-12-8-14(25-19(12)15)10-21-18(23)5-6-24-2/h3-4,7,9,14H,5-6,8,10H2,1-2H3,(H,21,23). The molecular formula is C19H20FNO4S. The molecule has 0 saturated carbocycles. The summed E-state index contributed by atoms with van der Waals surface area (Å²) in [5.41, 5.74) is 1.42. The van der Waals surface area contributed by atoms with Crippen LogP contribution in [0.5, 0.6) is 5.75 Å². The van der Waals surface area contributed by atoms with E-state index in [1.165, 1.54) is 30.4 Å². The molecule has 1 aliphatic rings. The van der Waals surface area contributed by atoms with Crippen LogP contribution in [-0.4, -0.2) is 38.1 Å². The predicted octanol–water partition coefficient (Wildman–Crippen LogP) is 3.21. The van der Waals surface area contributed by atoms with Crippen LogP contribution >= 0.6 is 11.3 Å². The van der Waals surface area contributed by atoms with Gasteiger partial charge in [-0.1, -0.05) is 0 Å². The van der Waals surface area contributed by atoms with Crippen LogP contribution in [0.2, 0.25) is 0 Å². The highest BCUT2D eigenvalue weighted by Crippen LogP contribution is 2.42. The predicted molar refractivity (Wildman–Crippen MR) is 97.3 cm³/mol. The number of methoxy groups -OCH3 is 1. The van der Waals surface area contributed by atoms with E-state index in [1.54, 1.807) is 19.2 Å². The molecule has 2 aromatic rings. The van der Waals surface area contributed by atoms with Crippen molar-refractivity contribution in [2.75, 3.05) is 20.3 Å². The molecule has 1 N–H and O–H groups in total. The summed E-state index contributed by atoms with van der Waals surface area (Å²) in [6, 6.07) is 6.43. The molecule has 1 aromatic heterocycles. The molecule has 3 rings (SSSR count). The molecule has 138 valence electrons. The first kappa shape index (κ1) is 18.5. The van der Waals surface area contributed by atoms with Crippen LogP contribution < -0.4 is 10.1 Å². The van der Waals surface area contributed by atoms with Gasteiger partial charge in [-0.3, -0.25) is 9.59 Å². The van der Waals surface area contributed by atoms with E-state index in [2.05, 4.69) is 5.32 Å². The smallest absolute Gasteiger partial charge is 0.222 e. The third-order valence-electron chi connectivity index (χ3n) is 4.14. The summed E-state index contributed by atoms with van der Waals surface area (Å²) in [5.74, 6) is 0.151. The Morgan fingerprint density at radius 1 is 1.38 bits per heavy atom. The van der Waals surface area contributed by atoms with Crippen molar-refractivity contribution in [1.82, 2.24) is 5.32 Å². The SMILES string of the molecule is COCCC(=O)NCC1Cc2cc(F)cc(-c3ccc(C(C)=O)s3)c2O1. The maximum Gasteiger partial charge on any atom is 0.222 e. The zero-order valence-electron chi connectivity index (χ0n) is 14.6. The number of hydrogen-bond acceptors (Lipinski definition) is 5. The molecule has 1 aliphatic heterocycles. The largest absolute Gasteiger partial charge is 0.487 e. The van der Waals surface area contributed by atoms with Gasteiger partial charge in [0.25, 0.3) is 0 Å². The Labute approximate surface area is 155 Å². The first-order valence-electron chi connectivity index (χ1n) is 8.33. The fourth-order valence-electron chi connectivity index (χ4n) is 2.87. The average Bonchev–Trinajstić information content (AvgIpc) is 3.24. The summed E-state index contributed by atoms with van der Waals surface area (Å²) >= 11 is 1.32. The van der Waals surface area contributed by atoms with Gasteiger partial charge in [-0.25, -0.2) is 4.39 Å². The molecule has 1 atom stereocenters. The van der Waals surface area contributed by atoms with Crippen LogP contribution in [0.3, 0.4) is 0 Å². The van der Waals surface area contributed by atoms with Crippen molar-refractivity contribution in [2.24, 2.45) is 0 Å². The zero-order chi connectivity index (χ0) is 18.7. The van der Waals surface area contributed by atoms with Crippen LogP contribution in [0.1, 0.15) is 28.6 Å². The molecule has 0 bridgehead atoms. The van der Waals surface area contributed by atoms with Crippen molar-refractivity contribution in [2.45, 2.75) is 25.9 Å². The number of carbonyl (C=O) groups excluding carboxylic acids is 2. The zero-order valence-corrected chi connectivity index (χ0v) is 15.5. The number of ketones is 1. The van der Waals surface area contributed by atoms with Gasteiger partial charge in [0, 0.05) is 36.0 Å². The van der Waals surface area contributed by atoms with Gasteiger partial charge in [0.2, 0.25) is 5.91 Å². The monoisotopic (exact) mass is 377 g/mol. The number of benzene rings is 1. The van der Waals surface area contributed by atoms with Gasteiger partial charge in [0.05, 0.1) is 18.0 Å². The van der Waals surface area contributed by atoms with Crippen LogP contribution in [0.25, 0.3) is 10.4 Å². The first-order chi connectivity index (χ1) is 12.5. The minimum Gasteiger partial charge on any atom is -0.487 e. The Bertz CT molecular complexity index is 833. The highest BCUT2D eigenvalue weighted by molar-refractivity contribution is 7.17. The molecular weight excluding hydrogens is 357 g/mol. The molecule has 1 unspecified atom stereocenters. The Hall–Kier alpha value is -2.25. The number of amides is 1. The molecule has 26 heavy (non-hydrogen) atoms. The van der Waals surface area contributed by atoms with Crippen molar-refractivity contribution in [3.63, 3.8) is 0 Å². The lowest BCUT2D eigenvalue weighted by atomic mass is 10.0. The van der Waals surface area contributed by atoms with E-state index in [9.17, 15) is 14.0 Å². The van der Waals surface area contributed by atoms with Crippen molar-refractivity contribution in [1.29, 1.82) is 0 Å². The van der Waals surface area contributed by atoms with Crippen molar-refractivity contribution < 1.29 is 23.5 Å². The van der Waals surface area contributed by atoms with Crippen LogP contribution in [0.4, 0.5) is 4.39 Å². The second-order valence-electron chi connectivity index (χ2n) is 6.15. The molecule has 1 aromatic carbocycles. The number of hydrogen-bond donors (Lipinski definition) is 1. The van der Waals surface area contributed by atoms with Gasteiger partial charge in [-0.05, 0) is 31.2 Å². The Balaban J connectivity index is 1.75. The fraction of sp³-hybridized carbons (Fsp3) is 0.368. The molecule has 0 aliphatic carbocycles. The molecule has 7 heteroatoms. The molecule has 0 fully saturated rings. The first-order valence-corrected chi connectivity index (χ1v) is 9.15. The lowest BCUT2D eigenvalue weighted by molar-refractivity contribution is -0.122. The van der Waals surface area contributed by atoms with E-state index >= 15 is 0 Å². The maximum absolute atomic E-state index is 14.1. The van der Waals surface area contributed by atoms with Gasteiger partial charge >= 0.3 is 0 Å². The molecule has 0 spiro atoms. The summed E-state index contributed by atoms with van der Waals surface area (Å²) in [6.45, 7) is 2.22. The van der Waals surface area contributed by atoms with Crippen LogP contribution in [0, 0.1) is 5.82 Å². The highest BCUT2D eigenvalue weighted by atomic mass is 32.1. The lowest BCUT2D eigenvalue weighted by Gasteiger charge is -2.13. The average molecular weight is 377 g/mol. The summed E-state index contributed by atoms with van der Waals surface area (Å²) in [4.78, 5) is 24.6. The molecule has 2 heterocycles. The van der Waals surface area contributed by atoms with Gasteiger partial charge in [-0.2, -0.15) is 0 Å². The summed E-state index contributed by atoms with van der Waals surface area (Å²) in [5, 5.41) is 2.81. The third kappa shape index (κ3) is 4.11. The van der Waals surface area contributed by atoms with E-state index in [4.69, 9.17) is 9.47 Å². The van der Waals surface area contributed by atoms with Gasteiger partial charge in [-0.15, -0.1) is 11.3 Å². The van der Waals surface area contributed by atoms with Gasteiger partial charge in [0.1, 0.15) is 17.7 Å². The number of thiophene rings is 1. The van der Waals surface area contributed by atoms with Gasteiger partial charge < -0.3 is 14.8 Å². The Kier molecular flexibility index (Phi) is 5.68. The van der Waals surface area contributed by atoms with Crippen LogP contribution in [-0.2, 0) is 16.0 Å². The molecule has 0 saturated heterocycles. The number of rotatable bonds is 7. The quantitative estimate of drug-likeness (QED) is 0.753. The summed E-state index contributed by atoms with van der Waals surface area (Å²) in [7, 11) is 1.54. The number of carbonyl (C=O) groups is 2. The number of ether oxygens (including phenoxy) is 2. The molecule has 1 amide bonds. The fourth-order valence-corrected chi connectivity index (χ4v) is 3.79. The van der Waals surface area contributed by atoms with E-state index < -0.39 is 0 Å². The van der Waals surface area contributed by atoms with E-state index in [-0.39, 0.29) is 23.6 Å². The van der Waals surface area contributed by atoms with Gasteiger partial charge in [0.15, 0.2) is 5.78 Å². The minimum absolute atomic E-state index is 0.0214. The van der Waals surface area contributed by atoms with E-state index in [0.29, 0.717) is 42.2 Å². The number of fused-ring (bicyclic) bond motifs is 1. The highest BCUT2D eigenvalue weighted by Gasteiger charge is 2.28. The topological polar surface area (TPSA) is 64.6 Å². The normalized spacial score (nSPS) is 15.4. The summed E-state index contributed by atoms with van der Waals surface area (Å²) in [6.07, 6.45) is 0.568. The van der Waals surface area contributed by atoms with Crippen molar-refractivity contribution in [3.8, 4) is 16.2 Å². The number of Topliss-reactive ketones (excluding diaryl/α,β-unsaturated/α-hetero) is 1. The molecule has 5 nitrogen and oxygen atoms in total. The lowest BCUT2D eigenvalue weighted by Crippen LogP contribution is -2.34. The Morgan fingerprint density at radius 2 is 2.19 bits per heavy atom.